The average molecular weight is 311 g/mol. The van der Waals surface area contributed by atoms with Crippen molar-refractivity contribution in [3.05, 3.63) is 0 Å². The van der Waals surface area contributed by atoms with Crippen LogP contribution in [-0.4, -0.2) is 27.4 Å². The minimum absolute atomic E-state index is 0.0588. The van der Waals surface area contributed by atoms with E-state index in [4.69, 9.17) is 15.4 Å². The molecule has 1 aliphatic carbocycles. The Bertz CT molecular complexity index is 344. The molecule has 0 bridgehead atoms. The van der Waals surface area contributed by atoms with Crippen LogP contribution >= 0.6 is 10.7 Å². The number of ether oxygens (including phenoxy) is 1. The van der Waals surface area contributed by atoms with Gasteiger partial charge in [0, 0.05) is 22.7 Å². The first-order chi connectivity index (χ1) is 8.83. The van der Waals surface area contributed by atoms with Crippen molar-refractivity contribution in [3.63, 3.8) is 0 Å². The Morgan fingerprint density at radius 2 is 1.74 bits per heavy atom. The maximum absolute atomic E-state index is 11.5. The van der Waals surface area contributed by atoms with Crippen LogP contribution in [0, 0.1) is 11.3 Å². The van der Waals surface area contributed by atoms with Gasteiger partial charge in [-0.2, -0.15) is 0 Å². The molecule has 1 rings (SSSR count). The zero-order valence-corrected chi connectivity index (χ0v) is 13.7. The van der Waals surface area contributed by atoms with Crippen LogP contribution in [0.25, 0.3) is 0 Å². The molecule has 0 amide bonds. The number of hydrogen-bond donors (Lipinski definition) is 0. The standard InChI is InChI=1S/C14H27ClO3S/c1-13(2)7-10-18-11-14(12-19(15,16)17)8-5-3-4-6-9-14/h13H,3-12H2,1-2H3. The lowest BCUT2D eigenvalue weighted by Gasteiger charge is -2.31. The molecular weight excluding hydrogens is 284 g/mol. The third-order valence-corrected chi connectivity index (χ3v) is 5.18. The van der Waals surface area contributed by atoms with E-state index in [0.717, 1.165) is 32.1 Å². The van der Waals surface area contributed by atoms with Crippen LogP contribution in [0.3, 0.4) is 0 Å². The summed E-state index contributed by atoms with van der Waals surface area (Å²) in [4.78, 5) is 0. The second kappa shape index (κ2) is 7.84. The van der Waals surface area contributed by atoms with Crippen LogP contribution in [0.5, 0.6) is 0 Å². The van der Waals surface area contributed by atoms with Gasteiger partial charge in [0.1, 0.15) is 0 Å². The van der Waals surface area contributed by atoms with Gasteiger partial charge >= 0.3 is 0 Å². The predicted octanol–water partition coefficient (Wildman–Crippen LogP) is 3.96. The third-order valence-electron chi connectivity index (χ3n) is 3.89. The lowest BCUT2D eigenvalue weighted by Crippen LogP contribution is -2.33. The Labute approximate surface area is 122 Å². The van der Waals surface area contributed by atoms with Crippen molar-refractivity contribution in [1.82, 2.24) is 0 Å². The summed E-state index contributed by atoms with van der Waals surface area (Å²) in [5.41, 5.74) is -0.256. The van der Waals surface area contributed by atoms with E-state index < -0.39 is 9.05 Å². The summed E-state index contributed by atoms with van der Waals surface area (Å²) in [5, 5.41) is 0. The molecule has 0 N–H and O–H groups in total. The van der Waals surface area contributed by atoms with Gasteiger partial charge in [0.05, 0.1) is 12.4 Å². The Kier molecular flexibility index (Phi) is 7.12. The lowest BCUT2D eigenvalue weighted by atomic mass is 9.83. The Morgan fingerprint density at radius 3 is 2.21 bits per heavy atom. The minimum atomic E-state index is -3.46. The second-order valence-electron chi connectivity index (χ2n) is 6.33. The normalized spacial score (nSPS) is 20.4. The third kappa shape index (κ3) is 7.52. The van der Waals surface area contributed by atoms with Crippen molar-refractivity contribution in [1.29, 1.82) is 0 Å². The van der Waals surface area contributed by atoms with Gasteiger partial charge in [-0.25, -0.2) is 8.42 Å². The van der Waals surface area contributed by atoms with Crippen molar-refractivity contribution >= 4 is 19.7 Å². The molecule has 5 heteroatoms. The molecule has 0 atom stereocenters. The van der Waals surface area contributed by atoms with Gasteiger partial charge in [-0.15, -0.1) is 0 Å². The van der Waals surface area contributed by atoms with E-state index >= 15 is 0 Å². The highest BCUT2D eigenvalue weighted by Crippen LogP contribution is 2.37. The molecule has 1 fully saturated rings. The quantitative estimate of drug-likeness (QED) is 0.406. The minimum Gasteiger partial charge on any atom is -0.381 e. The largest absolute Gasteiger partial charge is 0.381 e. The fraction of sp³-hybridized carbons (Fsp3) is 1.00. The fourth-order valence-electron chi connectivity index (χ4n) is 2.78. The Balaban J connectivity index is 2.57. The summed E-state index contributed by atoms with van der Waals surface area (Å²) in [6.45, 7) is 5.56. The van der Waals surface area contributed by atoms with Crippen LogP contribution < -0.4 is 0 Å². The van der Waals surface area contributed by atoms with Crippen molar-refractivity contribution in [2.75, 3.05) is 19.0 Å². The molecule has 0 unspecified atom stereocenters. The van der Waals surface area contributed by atoms with Crippen LogP contribution in [0.4, 0.5) is 0 Å². The summed E-state index contributed by atoms with van der Waals surface area (Å²) in [5.74, 6) is 0.672. The Hall–Kier alpha value is 0.200. The highest BCUT2D eigenvalue weighted by atomic mass is 35.7. The van der Waals surface area contributed by atoms with Crippen molar-refractivity contribution in [3.8, 4) is 0 Å². The highest BCUT2D eigenvalue weighted by Gasteiger charge is 2.35. The smallest absolute Gasteiger partial charge is 0.233 e. The van der Waals surface area contributed by atoms with Gasteiger partial charge in [0.25, 0.3) is 0 Å². The Morgan fingerprint density at radius 1 is 1.16 bits per heavy atom. The summed E-state index contributed by atoms with van der Waals surface area (Å²) < 4.78 is 28.7. The monoisotopic (exact) mass is 310 g/mol. The fourth-order valence-corrected chi connectivity index (χ4v) is 4.58. The molecule has 0 aromatic heterocycles. The molecule has 1 saturated carbocycles. The molecule has 0 heterocycles. The molecular formula is C14H27ClO3S. The summed E-state index contributed by atoms with van der Waals surface area (Å²) in [7, 11) is 2.03. The predicted molar refractivity (Wildman–Crippen MR) is 80.0 cm³/mol. The zero-order chi connectivity index (χ0) is 14.4. The van der Waals surface area contributed by atoms with Gasteiger partial charge in [-0.05, 0) is 25.2 Å². The summed E-state index contributed by atoms with van der Waals surface area (Å²) in [6, 6.07) is 0. The lowest BCUT2D eigenvalue weighted by molar-refractivity contribution is 0.0409. The van der Waals surface area contributed by atoms with Gasteiger partial charge < -0.3 is 4.74 Å². The first-order valence-electron chi connectivity index (χ1n) is 7.33. The van der Waals surface area contributed by atoms with Crippen LogP contribution in [-0.2, 0) is 13.8 Å². The van der Waals surface area contributed by atoms with E-state index in [1.54, 1.807) is 0 Å². The van der Waals surface area contributed by atoms with E-state index in [9.17, 15) is 8.42 Å². The van der Waals surface area contributed by atoms with E-state index in [1.807, 2.05) is 0 Å². The molecule has 1 aliphatic rings. The zero-order valence-electron chi connectivity index (χ0n) is 12.2. The summed E-state index contributed by atoms with van der Waals surface area (Å²) >= 11 is 0. The second-order valence-corrected chi connectivity index (χ2v) is 9.11. The molecule has 0 spiro atoms. The maximum atomic E-state index is 11.5. The van der Waals surface area contributed by atoms with E-state index in [1.165, 1.54) is 12.8 Å². The van der Waals surface area contributed by atoms with Crippen LogP contribution in [0.1, 0.15) is 58.8 Å². The number of hydrogen-bond acceptors (Lipinski definition) is 3. The number of halogens is 1. The molecule has 3 nitrogen and oxygen atoms in total. The molecule has 0 aromatic rings. The van der Waals surface area contributed by atoms with Gasteiger partial charge in [0.2, 0.25) is 9.05 Å². The molecule has 114 valence electrons. The maximum Gasteiger partial charge on any atom is 0.233 e. The molecule has 0 radical (unpaired) electrons. The molecule has 0 saturated heterocycles. The van der Waals surface area contributed by atoms with Crippen molar-refractivity contribution in [2.24, 2.45) is 11.3 Å². The SMILES string of the molecule is CC(C)CCOCC1(CS(=O)(=O)Cl)CCCCCC1. The molecule has 0 aliphatic heterocycles. The first-order valence-corrected chi connectivity index (χ1v) is 9.81. The van der Waals surface area contributed by atoms with Crippen molar-refractivity contribution in [2.45, 2.75) is 58.8 Å². The van der Waals surface area contributed by atoms with Crippen LogP contribution in [0.2, 0.25) is 0 Å². The molecule has 0 aromatic carbocycles. The van der Waals surface area contributed by atoms with Gasteiger partial charge in [-0.3, -0.25) is 0 Å². The topological polar surface area (TPSA) is 43.4 Å². The summed E-state index contributed by atoms with van der Waals surface area (Å²) in [6.07, 6.45) is 7.40. The average Bonchev–Trinajstić information content (AvgIpc) is 2.48. The number of rotatable bonds is 7. The van der Waals surface area contributed by atoms with Gasteiger partial charge in [0.15, 0.2) is 0 Å². The van der Waals surface area contributed by atoms with Crippen molar-refractivity contribution < 1.29 is 13.2 Å². The van der Waals surface area contributed by atoms with E-state index in [2.05, 4.69) is 13.8 Å². The van der Waals surface area contributed by atoms with Crippen LogP contribution in [0.15, 0.2) is 0 Å². The first kappa shape index (κ1) is 17.3. The van der Waals surface area contributed by atoms with E-state index in [0.29, 0.717) is 19.1 Å². The highest BCUT2D eigenvalue weighted by molar-refractivity contribution is 8.13. The van der Waals surface area contributed by atoms with E-state index in [-0.39, 0.29) is 11.2 Å². The van der Waals surface area contributed by atoms with Gasteiger partial charge in [-0.1, -0.05) is 39.5 Å². The molecule has 19 heavy (non-hydrogen) atoms.